The number of nitrogens with zero attached hydrogens (tertiary/aromatic N) is 4. The Morgan fingerprint density at radius 1 is 1.12 bits per heavy atom. The SMILES string of the molecule is CCNC(=NCCc1csc(N2CCCC2)n1)NC1CCN(Cc2ccccc2)CC1.I. The van der Waals surface area contributed by atoms with Gasteiger partial charge in [-0.15, -0.1) is 35.3 Å². The van der Waals surface area contributed by atoms with E-state index in [4.69, 9.17) is 9.98 Å². The molecule has 0 radical (unpaired) electrons. The van der Waals surface area contributed by atoms with Crippen LogP contribution in [0.5, 0.6) is 0 Å². The first-order chi connectivity index (χ1) is 15.3. The number of rotatable bonds is 8. The minimum Gasteiger partial charge on any atom is -0.357 e. The highest BCUT2D eigenvalue weighted by Crippen LogP contribution is 2.24. The molecule has 1 aromatic carbocycles. The molecule has 3 heterocycles. The van der Waals surface area contributed by atoms with Crippen LogP contribution in [0.4, 0.5) is 5.13 Å². The third kappa shape index (κ3) is 7.59. The molecule has 32 heavy (non-hydrogen) atoms. The summed E-state index contributed by atoms with van der Waals surface area (Å²) >= 11 is 1.78. The molecule has 0 amide bonds. The van der Waals surface area contributed by atoms with Gasteiger partial charge in [0, 0.05) is 63.7 Å². The summed E-state index contributed by atoms with van der Waals surface area (Å²) in [6.07, 6.45) is 5.80. The number of nitrogens with one attached hydrogen (secondary N) is 2. The lowest BCUT2D eigenvalue weighted by Gasteiger charge is -2.33. The molecule has 0 unspecified atom stereocenters. The van der Waals surface area contributed by atoms with E-state index in [1.54, 1.807) is 11.3 Å². The Morgan fingerprint density at radius 2 is 1.88 bits per heavy atom. The number of halogens is 1. The average Bonchev–Trinajstić information content (AvgIpc) is 3.48. The summed E-state index contributed by atoms with van der Waals surface area (Å²) < 4.78 is 0. The Hall–Kier alpha value is -1.39. The molecular formula is C24H37IN6S. The van der Waals surface area contributed by atoms with Crippen molar-refractivity contribution >= 4 is 46.4 Å². The Bertz CT molecular complexity index is 813. The van der Waals surface area contributed by atoms with Crippen LogP contribution in [0.15, 0.2) is 40.7 Å². The number of guanidine groups is 1. The van der Waals surface area contributed by atoms with Gasteiger partial charge in [0.15, 0.2) is 11.1 Å². The number of aromatic nitrogens is 1. The van der Waals surface area contributed by atoms with Crippen LogP contribution in [0, 0.1) is 0 Å². The first-order valence-corrected chi connectivity index (χ1v) is 12.7. The first kappa shape index (κ1) is 25.2. The van der Waals surface area contributed by atoms with Gasteiger partial charge in [0.1, 0.15) is 0 Å². The van der Waals surface area contributed by atoms with E-state index in [1.165, 1.54) is 29.2 Å². The quantitative estimate of drug-likeness (QED) is 0.285. The molecular weight excluding hydrogens is 531 g/mol. The molecule has 2 aliphatic rings. The van der Waals surface area contributed by atoms with E-state index in [9.17, 15) is 0 Å². The Labute approximate surface area is 213 Å². The van der Waals surface area contributed by atoms with Crippen LogP contribution in [0.2, 0.25) is 0 Å². The zero-order valence-corrected chi connectivity index (χ0v) is 22.3. The van der Waals surface area contributed by atoms with Crippen molar-refractivity contribution in [1.82, 2.24) is 20.5 Å². The highest BCUT2D eigenvalue weighted by atomic mass is 127. The number of aliphatic imine (C=N–C) groups is 1. The Morgan fingerprint density at radius 3 is 2.59 bits per heavy atom. The third-order valence-electron chi connectivity index (χ3n) is 6.08. The van der Waals surface area contributed by atoms with E-state index in [0.717, 1.165) is 71.0 Å². The molecule has 6 nitrogen and oxygen atoms in total. The summed E-state index contributed by atoms with van der Waals surface area (Å²) in [5.74, 6) is 0.944. The summed E-state index contributed by atoms with van der Waals surface area (Å²) in [4.78, 5) is 14.6. The molecule has 2 aliphatic heterocycles. The van der Waals surface area contributed by atoms with Gasteiger partial charge in [0.2, 0.25) is 0 Å². The minimum absolute atomic E-state index is 0. The number of piperidine rings is 1. The van der Waals surface area contributed by atoms with E-state index in [-0.39, 0.29) is 24.0 Å². The monoisotopic (exact) mass is 568 g/mol. The largest absolute Gasteiger partial charge is 0.357 e. The molecule has 2 N–H and O–H groups in total. The van der Waals surface area contributed by atoms with Gasteiger partial charge in [-0.25, -0.2) is 4.98 Å². The number of benzene rings is 1. The average molecular weight is 569 g/mol. The van der Waals surface area contributed by atoms with Gasteiger partial charge in [-0.05, 0) is 38.2 Å². The third-order valence-corrected chi connectivity index (χ3v) is 7.03. The number of anilines is 1. The van der Waals surface area contributed by atoms with Crippen LogP contribution in [-0.2, 0) is 13.0 Å². The van der Waals surface area contributed by atoms with Crippen molar-refractivity contribution in [3.63, 3.8) is 0 Å². The van der Waals surface area contributed by atoms with Crippen LogP contribution in [0.3, 0.4) is 0 Å². The van der Waals surface area contributed by atoms with Crippen molar-refractivity contribution in [2.24, 2.45) is 4.99 Å². The fourth-order valence-electron chi connectivity index (χ4n) is 4.34. The van der Waals surface area contributed by atoms with Gasteiger partial charge in [-0.2, -0.15) is 0 Å². The van der Waals surface area contributed by atoms with Gasteiger partial charge in [-0.1, -0.05) is 30.3 Å². The molecule has 8 heteroatoms. The maximum atomic E-state index is 4.83. The predicted molar refractivity (Wildman–Crippen MR) is 147 cm³/mol. The number of hydrogen-bond donors (Lipinski definition) is 2. The topological polar surface area (TPSA) is 55.8 Å². The fraction of sp³-hybridized carbons (Fsp3) is 0.583. The first-order valence-electron chi connectivity index (χ1n) is 11.8. The van der Waals surface area contributed by atoms with Gasteiger partial charge < -0.3 is 15.5 Å². The van der Waals surface area contributed by atoms with Crippen LogP contribution in [0.25, 0.3) is 0 Å². The smallest absolute Gasteiger partial charge is 0.191 e. The molecule has 4 rings (SSSR count). The van der Waals surface area contributed by atoms with Gasteiger partial charge in [-0.3, -0.25) is 9.89 Å². The standard InChI is InChI=1S/C24H36N6S.HI/c1-2-25-23(26-13-10-22-19-31-24(28-22)30-14-6-7-15-30)27-21-11-16-29(17-12-21)18-20-8-4-3-5-9-20;/h3-5,8-9,19,21H,2,6-7,10-18H2,1H3,(H2,25,26,27);1H. The lowest BCUT2D eigenvalue weighted by Crippen LogP contribution is -2.48. The molecule has 0 aliphatic carbocycles. The fourth-order valence-corrected chi connectivity index (χ4v) is 5.25. The Kier molecular flexibility index (Phi) is 10.5. The van der Waals surface area contributed by atoms with E-state index >= 15 is 0 Å². The Balaban J connectivity index is 0.00000289. The molecule has 1 aromatic heterocycles. The summed E-state index contributed by atoms with van der Waals surface area (Å²) in [5, 5.41) is 10.5. The van der Waals surface area contributed by atoms with Crippen molar-refractivity contribution in [3.8, 4) is 0 Å². The summed E-state index contributed by atoms with van der Waals surface area (Å²) in [6.45, 7) is 9.40. The van der Waals surface area contributed by atoms with E-state index in [1.807, 2.05) is 0 Å². The van der Waals surface area contributed by atoms with Gasteiger partial charge in [0.25, 0.3) is 0 Å². The van der Waals surface area contributed by atoms with Crippen molar-refractivity contribution in [2.75, 3.05) is 44.2 Å². The highest BCUT2D eigenvalue weighted by molar-refractivity contribution is 14.0. The normalized spacial score (nSPS) is 17.9. The molecule has 2 saturated heterocycles. The lowest BCUT2D eigenvalue weighted by atomic mass is 10.0. The van der Waals surface area contributed by atoms with Crippen LogP contribution < -0.4 is 15.5 Å². The van der Waals surface area contributed by atoms with Crippen molar-refractivity contribution in [1.29, 1.82) is 0 Å². The van der Waals surface area contributed by atoms with Crippen LogP contribution in [0.1, 0.15) is 43.9 Å². The predicted octanol–water partition coefficient (Wildman–Crippen LogP) is 4.12. The zero-order chi connectivity index (χ0) is 21.3. The second-order valence-electron chi connectivity index (χ2n) is 8.51. The van der Waals surface area contributed by atoms with Crippen molar-refractivity contribution in [2.45, 2.75) is 51.6 Å². The van der Waals surface area contributed by atoms with E-state index in [2.05, 4.69) is 63.1 Å². The van der Waals surface area contributed by atoms with E-state index in [0.29, 0.717) is 6.04 Å². The summed E-state index contributed by atoms with van der Waals surface area (Å²) in [5.41, 5.74) is 2.57. The maximum Gasteiger partial charge on any atom is 0.191 e. The molecule has 0 spiro atoms. The molecule has 0 saturated carbocycles. The highest BCUT2D eigenvalue weighted by Gasteiger charge is 2.20. The maximum absolute atomic E-state index is 4.83. The van der Waals surface area contributed by atoms with Crippen molar-refractivity contribution in [3.05, 3.63) is 47.0 Å². The van der Waals surface area contributed by atoms with Gasteiger partial charge in [0.05, 0.1) is 5.69 Å². The number of hydrogen-bond acceptors (Lipinski definition) is 5. The molecule has 176 valence electrons. The summed E-state index contributed by atoms with van der Waals surface area (Å²) in [7, 11) is 0. The molecule has 0 atom stereocenters. The van der Waals surface area contributed by atoms with Crippen LogP contribution in [-0.4, -0.2) is 61.2 Å². The summed E-state index contributed by atoms with van der Waals surface area (Å²) in [6, 6.07) is 11.3. The molecule has 0 bridgehead atoms. The number of thiazole rings is 1. The number of likely N-dealkylation sites (tertiary alicyclic amines) is 1. The van der Waals surface area contributed by atoms with Gasteiger partial charge >= 0.3 is 0 Å². The molecule has 2 aromatic rings. The van der Waals surface area contributed by atoms with Crippen molar-refractivity contribution < 1.29 is 0 Å². The second kappa shape index (κ2) is 13.3. The minimum atomic E-state index is 0. The lowest BCUT2D eigenvalue weighted by molar-refractivity contribution is 0.198. The molecule has 2 fully saturated rings. The zero-order valence-electron chi connectivity index (χ0n) is 19.1. The van der Waals surface area contributed by atoms with E-state index < -0.39 is 0 Å². The second-order valence-corrected chi connectivity index (χ2v) is 9.34. The van der Waals surface area contributed by atoms with Crippen LogP contribution >= 0.6 is 35.3 Å².